The zero-order valence-corrected chi connectivity index (χ0v) is 9.30. The normalized spacial score (nSPS) is 12.5. The zero-order chi connectivity index (χ0) is 14.2. The molecule has 6 heteroatoms. The fourth-order valence-corrected chi connectivity index (χ4v) is 1.66. The maximum Gasteiger partial charge on any atom is 0.200 e. The van der Waals surface area contributed by atoms with Crippen molar-refractivity contribution >= 4 is 0 Å². The van der Waals surface area contributed by atoms with Crippen LogP contribution in [0.1, 0.15) is 17.2 Å². The zero-order valence-electron chi connectivity index (χ0n) is 9.30. The summed E-state index contributed by atoms with van der Waals surface area (Å²) < 4.78 is 65.8. The standard InChI is InChI=1S/C13H7F5O/c14-8-7(9(15)11(17)12(18)10(8)16)13(19)6-4-2-1-3-5-6/h1-5,13,19H/t13-/m0/s1. The van der Waals surface area contributed by atoms with E-state index in [2.05, 4.69) is 0 Å². The number of benzene rings is 2. The molecule has 0 spiro atoms. The lowest BCUT2D eigenvalue weighted by atomic mass is 10.00. The van der Waals surface area contributed by atoms with E-state index in [4.69, 9.17) is 0 Å². The third-order valence-electron chi connectivity index (χ3n) is 2.63. The van der Waals surface area contributed by atoms with Crippen LogP contribution < -0.4 is 0 Å². The lowest BCUT2D eigenvalue weighted by Crippen LogP contribution is -2.12. The Kier molecular flexibility index (Phi) is 3.53. The summed E-state index contributed by atoms with van der Waals surface area (Å²) in [5.74, 6) is -10.5. The molecule has 0 saturated heterocycles. The summed E-state index contributed by atoms with van der Waals surface area (Å²) in [4.78, 5) is 0. The highest BCUT2D eigenvalue weighted by Crippen LogP contribution is 2.31. The van der Waals surface area contributed by atoms with Crippen molar-refractivity contribution in [1.82, 2.24) is 0 Å². The summed E-state index contributed by atoms with van der Waals surface area (Å²) in [5, 5.41) is 9.76. The van der Waals surface area contributed by atoms with Crippen LogP contribution in [0.25, 0.3) is 0 Å². The number of halogens is 5. The van der Waals surface area contributed by atoms with Crippen LogP contribution in [0.2, 0.25) is 0 Å². The molecule has 2 aromatic rings. The minimum Gasteiger partial charge on any atom is -0.383 e. The van der Waals surface area contributed by atoms with E-state index in [0.29, 0.717) is 0 Å². The Morgan fingerprint density at radius 1 is 0.684 bits per heavy atom. The molecule has 1 nitrogen and oxygen atoms in total. The van der Waals surface area contributed by atoms with Crippen molar-refractivity contribution in [3.63, 3.8) is 0 Å². The van der Waals surface area contributed by atoms with Crippen molar-refractivity contribution in [3.8, 4) is 0 Å². The number of rotatable bonds is 2. The summed E-state index contributed by atoms with van der Waals surface area (Å²) in [5.41, 5.74) is -1.24. The number of aliphatic hydroxyl groups is 1. The lowest BCUT2D eigenvalue weighted by Gasteiger charge is -2.14. The van der Waals surface area contributed by atoms with Crippen LogP contribution in [0.3, 0.4) is 0 Å². The first-order chi connectivity index (χ1) is 8.95. The molecule has 0 saturated carbocycles. The van der Waals surface area contributed by atoms with Crippen molar-refractivity contribution in [2.45, 2.75) is 6.10 Å². The lowest BCUT2D eigenvalue weighted by molar-refractivity contribution is 0.203. The Hall–Kier alpha value is -1.95. The van der Waals surface area contributed by atoms with Crippen LogP contribution in [0, 0.1) is 29.1 Å². The van der Waals surface area contributed by atoms with Crippen molar-refractivity contribution in [2.75, 3.05) is 0 Å². The Morgan fingerprint density at radius 2 is 1.11 bits per heavy atom. The van der Waals surface area contributed by atoms with Gasteiger partial charge >= 0.3 is 0 Å². The van der Waals surface area contributed by atoms with E-state index in [0.717, 1.165) is 0 Å². The molecule has 1 atom stereocenters. The van der Waals surface area contributed by atoms with Gasteiger partial charge in [0.05, 0.1) is 5.56 Å². The van der Waals surface area contributed by atoms with Gasteiger partial charge in [-0.25, -0.2) is 22.0 Å². The molecule has 0 radical (unpaired) electrons. The van der Waals surface area contributed by atoms with Gasteiger partial charge in [-0.1, -0.05) is 30.3 Å². The van der Waals surface area contributed by atoms with Gasteiger partial charge in [-0.2, -0.15) is 0 Å². The highest BCUT2D eigenvalue weighted by atomic mass is 19.2. The topological polar surface area (TPSA) is 20.2 Å². The molecule has 0 fully saturated rings. The quantitative estimate of drug-likeness (QED) is 0.505. The first-order valence-electron chi connectivity index (χ1n) is 5.19. The van der Waals surface area contributed by atoms with E-state index in [1.807, 2.05) is 0 Å². The molecule has 0 heterocycles. The van der Waals surface area contributed by atoms with Gasteiger partial charge in [0.15, 0.2) is 23.3 Å². The van der Waals surface area contributed by atoms with Crippen molar-refractivity contribution in [2.24, 2.45) is 0 Å². The molecule has 2 rings (SSSR count). The van der Waals surface area contributed by atoms with Gasteiger partial charge in [0.1, 0.15) is 6.10 Å². The monoisotopic (exact) mass is 274 g/mol. The third kappa shape index (κ3) is 2.19. The van der Waals surface area contributed by atoms with E-state index >= 15 is 0 Å². The average Bonchev–Trinajstić information content (AvgIpc) is 2.44. The maximum absolute atomic E-state index is 13.5. The molecule has 19 heavy (non-hydrogen) atoms. The molecule has 0 bridgehead atoms. The van der Waals surface area contributed by atoms with Crippen LogP contribution in [0.5, 0.6) is 0 Å². The van der Waals surface area contributed by atoms with Crippen LogP contribution in [-0.2, 0) is 0 Å². The Bertz CT molecular complexity index is 583. The van der Waals surface area contributed by atoms with Crippen LogP contribution >= 0.6 is 0 Å². The number of hydrogen-bond acceptors (Lipinski definition) is 1. The van der Waals surface area contributed by atoms with E-state index in [-0.39, 0.29) is 5.56 Å². The van der Waals surface area contributed by atoms with Gasteiger partial charge in [-0.3, -0.25) is 0 Å². The molecule has 0 aromatic heterocycles. The molecule has 2 aromatic carbocycles. The summed E-state index contributed by atoms with van der Waals surface area (Å²) >= 11 is 0. The summed E-state index contributed by atoms with van der Waals surface area (Å²) in [7, 11) is 0. The second-order valence-electron chi connectivity index (χ2n) is 3.80. The van der Waals surface area contributed by atoms with E-state index in [9.17, 15) is 27.1 Å². The van der Waals surface area contributed by atoms with Crippen LogP contribution in [-0.4, -0.2) is 5.11 Å². The van der Waals surface area contributed by atoms with Crippen molar-refractivity contribution in [3.05, 3.63) is 70.5 Å². The SMILES string of the molecule is O[C@@H](c1ccccc1)c1c(F)c(F)c(F)c(F)c1F. The molecular weight excluding hydrogens is 267 g/mol. The van der Waals surface area contributed by atoms with Crippen molar-refractivity contribution in [1.29, 1.82) is 0 Å². The van der Waals surface area contributed by atoms with Gasteiger partial charge in [0, 0.05) is 0 Å². The molecule has 0 unspecified atom stereocenters. The van der Waals surface area contributed by atoms with Gasteiger partial charge in [-0.15, -0.1) is 0 Å². The first kappa shape index (κ1) is 13.5. The van der Waals surface area contributed by atoms with Crippen molar-refractivity contribution < 1.29 is 27.1 Å². The maximum atomic E-state index is 13.5. The molecule has 0 aliphatic rings. The molecule has 0 aliphatic carbocycles. The molecular formula is C13H7F5O. The Morgan fingerprint density at radius 3 is 1.58 bits per heavy atom. The third-order valence-corrected chi connectivity index (χ3v) is 2.63. The second-order valence-corrected chi connectivity index (χ2v) is 3.80. The van der Waals surface area contributed by atoms with E-state index in [1.165, 1.54) is 24.3 Å². The fraction of sp³-hybridized carbons (Fsp3) is 0.0769. The minimum absolute atomic E-state index is 0.0192. The Balaban J connectivity index is 2.64. The highest BCUT2D eigenvalue weighted by Gasteiger charge is 2.30. The summed E-state index contributed by atoms with van der Waals surface area (Å²) in [6.07, 6.45) is -1.94. The molecule has 100 valence electrons. The van der Waals surface area contributed by atoms with Gasteiger partial charge < -0.3 is 5.11 Å². The predicted molar refractivity (Wildman–Crippen MR) is 56.7 cm³/mol. The van der Waals surface area contributed by atoms with Gasteiger partial charge in [0.25, 0.3) is 0 Å². The smallest absolute Gasteiger partial charge is 0.200 e. The van der Waals surface area contributed by atoms with Crippen LogP contribution in [0.4, 0.5) is 22.0 Å². The first-order valence-corrected chi connectivity index (χ1v) is 5.19. The average molecular weight is 274 g/mol. The van der Waals surface area contributed by atoms with E-state index < -0.39 is 40.8 Å². The molecule has 1 N–H and O–H groups in total. The minimum atomic E-state index is -2.25. The summed E-state index contributed by atoms with van der Waals surface area (Å²) in [6, 6.07) is 7.12. The van der Waals surface area contributed by atoms with E-state index in [1.54, 1.807) is 6.07 Å². The van der Waals surface area contributed by atoms with Crippen LogP contribution in [0.15, 0.2) is 30.3 Å². The second kappa shape index (κ2) is 4.97. The fourth-order valence-electron chi connectivity index (χ4n) is 1.66. The molecule has 0 amide bonds. The van der Waals surface area contributed by atoms with Gasteiger partial charge in [0.2, 0.25) is 5.82 Å². The number of hydrogen-bond donors (Lipinski definition) is 1. The highest BCUT2D eigenvalue weighted by molar-refractivity contribution is 5.33. The number of aliphatic hydroxyl groups excluding tert-OH is 1. The van der Waals surface area contributed by atoms with Gasteiger partial charge in [-0.05, 0) is 5.56 Å². The largest absolute Gasteiger partial charge is 0.383 e. The Labute approximate surface area is 104 Å². The predicted octanol–water partition coefficient (Wildman–Crippen LogP) is 3.46. The molecule has 0 aliphatic heterocycles. The summed E-state index contributed by atoms with van der Waals surface area (Å²) in [6.45, 7) is 0.